The van der Waals surface area contributed by atoms with E-state index in [9.17, 15) is 13.2 Å². The Labute approximate surface area is 172 Å². The maximum atomic E-state index is 13.4. The summed E-state index contributed by atoms with van der Waals surface area (Å²) in [5, 5.41) is 0. The molecule has 2 aliphatic rings. The van der Waals surface area contributed by atoms with Gasteiger partial charge in [0, 0.05) is 19.0 Å². The monoisotopic (exact) mass is 407 g/mol. The van der Waals surface area contributed by atoms with Crippen LogP contribution >= 0.6 is 0 Å². The van der Waals surface area contributed by atoms with Crippen molar-refractivity contribution >= 4 is 21.9 Å². The smallest absolute Gasteiger partial charge is 0.243 e. The van der Waals surface area contributed by atoms with Crippen molar-refractivity contribution in [2.24, 2.45) is 5.92 Å². The molecule has 0 N–H and O–H groups in total. The standard InChI is InChI=1S/C24H25NO3S/c1-4-20-16-25(29(27,28)21-11-9-17(2)10-12-21)14-13-24(20)22-8-6-5-7-19(22)15-18(3)23(24)26/h4-12,15,20H,1,13-14,16H2,2-3H3/t20-,24+/m1/s1. The van der Waals surface area contributed by atoms with Gasteiger partial charge < -0.3 is 0 Å². The first-order valence-electron chi connectivity index (χ1n) is 9.82. The van der Waals surface area contributed by atoms with E-state index in [-0.39, 0.29) is 23.1 Å². The number of carbonyl (C=O) groups is 1. The molecule has 4 nitrogen and oxygen atoms in total. The lowest BCUT2D eigenvalue weighted by molar-refractivity contribution is -0.123. The van der Waals surface area contributed by atoms with Crippen LogP contribution in [0.25, 0.3) is 6.08 Å². The van der Waals surface area contributed by atoms with E-state index in [1.54, 1.807) is 30.3 Å². The van der Waals surface area contributed by atoms with Crippen molar-refractivity contribution in [3.63, 3.8) is 0 Å². The highest BCUT2D eigenvalue weighted by molar-refractivity contribution is 7.89. The lowest BCUT2D eigenvalue weighted by atomic mass is 9.59. The van der Waals surface area contributed by atoms with Gasteiger partial charge in [0.2, 0.25) is 10.0 Å². The van der Waals surface area contributed by atoms with Crippen LogP contribution in [0, 0.1) is 12.8 Å². The number of Topliss-reactive ketones (excluding diaryl/α,β-unsaturated/α-hetero) is 1. The van der Waals surface area contributed by atoms with Gasteiger partial charge in [-0.05, 0) is 55.2 Å². The van der Waals surface area contributed by atoms with Gasteiger partial charge in [0.15, 0.2) is 5.78 Å². The van der Waals surface area contributed by atoms with E-state index in [1.165, 1.54) is 4.31 Å². The quantitative estimate of drug-likeness (QED) is 0.720. The number of hydrogen-bond donors (Lipinski definition) is 0. The third-order valence-corrected chi connectivity index (χ3v) is 8.19. The molecule has 29 heavy (non-hydrogen) atoms. The molecule has 2 atom stereocenters. The van der Waals surface area contributed by atoms with Crippen molar-refractivity contribution in [3.05, 3.63) is 83.4 Å². The van der Waals surface area contributed by atoms with Gasteiger partial charge in [-0.2, -0.15) is 4.31 Å². The summed E-state index contributed by atoms with van der Waals surface area (Å²) in [6.07, 6.45) is 4.12. The van der Waals surface area contributed by atoms with Gasteiger partial charge in [0.1, 0.15) is 0 Å². The number of rotatable bonds is 3. The number of nitrogens with zero attached hydrogens (tertiary/aromatic N) is 1. The zero-order chi connectivity index (χ0) is 20.8. The number of hydrogen-bond acceptors (Lipinski definition) is 3. The molecule has 150 valence electrons. The third kappa shape index (κ3) is 3.00. The highest BCUT2D eigenvalue weighted by Crippen LogP contribution is 2.47. The number of carbonyl (C=O) groups excluding carboxylic acids is 1. The SMILES string of the molecule is C=C[C@@H]1CN(S(=O)(=O)c2ccc(C)cc2)CC[C@]12C(=O)C(C)=Cc1ccccc12. The summed E-state index contributed by atoms with van der Waals surface area (Å²) in [6.45, 7) is 8.29. The minimum atomic E-state index is -3.63. The number of allylic oxidation sites excluding steroid dienone is 1. The van der Waals surface area contributed by atoms with Crippen molar-refractivity contribution in [1.82, 2.24) is 4.31 Å². The van der Waals surface area contributed by atoms with Gasteiger partial charge >= 0.3 is 0 Å². The summed E-state index contributed by atoms with van der Waals surface area (Å²) in [7, 11) is -3.63. The fraction of sp³-hybridized carbons (Fsp3) is 0.292. The molecule has 0 bridgehead atoms. The summed E-state index contributed by atoms with van der Waals surface area (Å²) in [5.74, 6) is -0.220. The third-order valence-electron chi connectivity index (χ3n) is 6.31. The Morgan fingerprint density at radius 2 is 1.79 bits per heavy atom. The molecule has 5 heteroatoms. The van der Waals surface area contributed by atoms with Crippen LogP contribution in [0.1, 0.15) is 30.0 Å². The number of ketones is 1. The Kier molecular flexibility index (Phi) is 4.83. The molecular weight excluding hydrogens is 382 g/mol. The molecule has 0 saturated carbocycles. The number of benzene rings is 2. The summed E-state index contributed by atoms with van der Waals surface area (Å²) >= 11 is 0. The number of piperidine rings is 1. The molecule has 0 aromatic heterocycles. The van der Waals surface area contributed by atoms with E-state index in [0.29, 0.717) is 18.5 Å². The second-order valence-electron chi connectivity index (χ2n) is 7.98. The van der Waals surface area contributed by atoms with Gasteiger partial charge in [-0.3, -0.25) is 4.79 Å². The summed E-state index contributed by atoms with van der Waals surface area (Å²) in [4.78, 5) is 13.7. The van der Waals surface area contributed by atoms with Crippen LogP contribution < -0.4 is 0 Å². The lowest BCUT2D eigenvalue weighted by Crippen LogP contribution is -2.56. The first kappa shape index (κ1) is 19.8. The van der Waals surface area contributed by atoms with Crippen molar-refractivity contribution in [3.8, 4) is 0 Å². The predicted molar refractivity (Wildman–Crippen MR) is 115 cm³/mol. The largest absolute Gasteiger partial charge is 0.294 e. The molecule has 1 aliphatic heterocycles. The first-order valence-corrected chi connectivity index (χ1v) is 11.3. The van der Waals surface area contributed by atoms with Gasteiger partial charge in [0.05, 0.1) is 10.3 Å². The number of aryl methyl sites for hydroxylation is 1. The molecule has 1 spiro atoms. The van der Waals surface area contributed by atoms with Crippen LogP contribution in [0.3, 0.4) is 0 Å². The van der Waals surface area contributed by atoms with Crippen molar-refractivity contribution < 1.29 is 13.2 Å². The average Bonchev–Trinajstić information content (AvgIpc) is 2.72. The molecule has 1 saturated heterocycles. The molecule has 0 unspecified atom stereocenters. The average molecular weight is 408 g/mol. The fourth-order valence-electron chi connectivity index (χ4n) is 4.72. The molecule has 2 aromatic rings. The van der Waals surface area contributed by atoms with Crippen LogP contribution in [-0.2, 0) is 20.2 Å². The summed E-state index contributed by atoms with van der Waals surface area (Å²) in [6, 6.07) is 14.8. The molecule has 0 amide bonds. The Bertz CT molecular complexity index is 1120. The van der Waals surface area contributed by atoms with E-state index in [0.717, 1.165) is 16.7 Å². The Morgan fingerprint density at radius 1 is 1.10 bits per heavy atom. The topological polar surface area (TPSA) is 54.5 Å². The van der Waals surface area contributed by atoms with E-state index < -0.39 is 15.4 Å². The molecule has 1 heterocycles. The zero-order valence-corrected chi connectivity index (χ0v) is 17.6. The van der Waals surface area contributed by atoms with Gasteiger partial charge in [-0.15, -0.1) is 6.58 Å². The Morgan fingerprint density at radius 3 is 2.48 bits per heavy atom. The van der Waals surface area contributed by atoms with E-state index in [2.05, 4.69) is 6.58 Å². The minimum absolute atomic E-state index is 0.0773. The predicted octanol–water partition coefficient (Wildman–Crippen LogP) is 4.12. The molecule has 4 rings (SSSR count). The van der Waals surface area contributed by atoms with Crippen LogP contribution in [0.15, 0.2) is 71.7 Å². The lowest BCUT2D eigenvalue weighted by Gasteiger charge is -2.47. The van der Waals surface area contributed by atoms with Gasteiger partial charge in [-0.1, -0.05) is 48.0 Å². The van der Waals surface area contributed by atoms with E-state index >= 15 is 0 Å². The minimum Gasteiger partial charge on any atom is -0.294 e. The van der Waals surface area contributed by atoms with Crippen LogP contribution in [0.2, 0.25) is 0 Å². The summed E-state index contributed by atoms with van der Waals surface area (Å²) < 4.78 is 27.9. The molecule has 1 fully saturated rings. The fourth-order valence-corrected chi connectivity index (χ4v) is 6.19. The molecular formula is C24H25NO3S. The molecule has 0 radical (unpaired) electrons. The van der Waals surface area contributed by atoms with E-state index in [1.807, 2.05) is 44.2 Å². The normalized spacial score (nSPS) is 24.8. The van der Waals surface area contributed by atoms with Crippen molar-refractivity contribution in [1.29, 1.82) is 0 Å². The molecule has 1 aliphatic carbocycles. The second kappa shape index (κ2) is 7.08. The first-order chi connectivity index (χ1) is 13.8. The maximum Gasteiger partial charge on any atom is 0.243 e. The molecule has 2 aromatic carbocycles. The van der Waals surface area contributed by atoms with Crippen LogP contribution in [-0.4, -0.2) is 31.6 Å². The number of sulfonamides is 1. The maximum absolute atomic E-state index is 13.4. The Balaban J connectivity index is 1.75. The van der Waals surface area contributed by atoms with Crippen molar-refractivity contribution in [2.45, 2.75) is 30.6 Å². The van der Waals surface area contributed by atoms with Crippen LogP contribution in [0.4, 0.5) is 0 Å². The highest BCUT2D eigenvalue weighted by atomic mass is 32.2. The zero-order valence-electron chi connectivity index (χ0n) is 16.8. The van der Waals surface area contributed by atoms with Crippen LogP contribution in [0.5, 0.6) is 0 Å². The van der Waals surface area contributed by atoms with Gasteiger partial charge in [0.25, 0.3) is 0 Å². The van der Waals surface area contributed by atoms with Crippen molar-refractivity contribution in [2.75, 3.05) is 13.1 Å². The van der Waals surface area contributed by atoms with E-state index in [4.69, 9.17) is 0 Å². The Hall–Kier alpha value is -2.50. The highest BCUT2D eigenvalue weighted by Gasteiger charge is 2.52. The van der Waals surface area contributed by atoms with Gasteiger partial charge in [-0.25, -0.2) is 8.42 Å². The summed E-state index contributed by atoms with van der Waals surface area (Å²) in [5.41, 5.74) is 2.98. The number of fused-ring (bicyclic) bond motifs is 2. The second-order valence-corrected chi connectivity index (χ2v) is 9.92.